The molecule has 0 fully saturated rings. The topological polar surface area (TPSA) is 73.0 Å². The highest BCUT2D eigenvalue weighted by Gasteiger charge is 2.21. The summed E-state index contributed by atoms with van der Waals surface area (Å²) in [4.78, 5) is 14.0. The highest BCUT2D eigenvalue weighted by Crippen LogP contribution is 2.16. The van der Waals surface area contributed by atoms with Crippen LogP contribution in [0.25, 0.3) is 0 Å². The lowest BCUT2D eigenvalue weighted by Crippen LogP contribution is -2.28. The standard InChI is InChI=1S/C9H16N4O2/c1-4-10-7(2)5-8-9(13(14)15)11-6-12(8)3/h6-7,10H,4-5H2,1-3H3. The molecule has 0 amide bonds. The second-order valence-electron chi connectivity index (χ2n) is 3.55. The Morgan fingerprint density at radius 1 is 1.73 bits per heavy atom. The molecule has 0 bridgehead atoms. The zero-order valence-corrected chi connectivity index (χ0v) is 9.23. The summed E-state index contributed by atoms with van der Waals surface area (Å²) in [5.74, 6) is -0.0396. The van der Waals surface area contributed by atoms with Gasteiger partial charge in [0.1, 0.15) is 5.69 Å². The Bertz CT molecular complexity index is 348. The van der Waals surface area contributed by atoms with E-state index in [1.807, 2.05) is 13.8 Å². The molecule has 6 heteroatoms. The van der Waals surface area contributed by atoms with Crippen LogP contribution in [0.1, 0.15) is 19.5 Å². The number of rotatable bonds is 5. The quantitative estimate of drug-likeness (QED) is 0.580. The molecule has 0 aliphatic rings. The number of nitrogens with zero attached hydrogens (tertiary/aromatic N) is 3. The molecule has 0 aliphatic heterocycles. The molecule has 15 heavy (non-hydrogen) atoms. The van der Waals surface area contributed by atoms with Crippen LogP contribution in [0.5, 0.6) is 0 Å². The molecule has 1 unspecified atom stereocenters. The van der Waals surface area contributed by atoms with E-state index in [0.717, 1.165) is 6.54 Å². The van der Waals surface area contributed by atoms with Gasteiger partial charge in [0.25, 0.3) is 0 Å². The summed E-state index contributed by atoms with van der Waals surface area (Å²) in [7, 11) is 1.77. The minimum Gasteiger partial charge on any atom is -0.358 e. The molecule has 0 aliphatic carbocycles. The number of nitrogens with one attached hydrogen (secondary N) is 1. The van der Waals surface area contributed by atoms with Gasteiger partial charge < -0.3 is 20.0 Å². The van der Waals surface area contributed by atoms with Crippen molar-refractivity contribution in [2.75, 3.05) is 6.54 Å². The average molecular weight is 212 g/mol. The number of likely N-dealkylation sites (N-methyl/N-ethyl adjacent to an activating group) is 1. The monoisotopic (exact) mass is 212 g/mol. The number of hydrogen-bond donors (Lipinski definition) is 1. The van der Waals surface area contributed by atoms with Gasteiger partial charge >= 0.3 is 5.82 Å². The molecular weight excluding hydrogens is 196 g/mol. The summed E-state index contributed by atoms with van der Waals surface area (Å²) in [6.45, 7) is 4.86. The molecule has 1 aromatic heterocycles. The van der Waals surface area contributed by atoms with Crippen molar-refractivity contribution in [3.05, 3.63) is 22.1 Å². The first kappa shape index (κ1) is 11.6. The van der Waals surface area contributed by atoms with Crippen LogP contribution in [-0.4, -0.2) is 27.1 Å². The molecule has 0 spiro atoms. The van der Waals surface area contributed by atoms with Gasteiger partial charge in [-0.2, -0.15) is 0 Å². The molecule has 1 rings (SSSR count). The zero-order chi connectivity index (χ0) is 11.4. The molecule has 0 radical (unpaired) electrons. The Morgan fingerprint density at radius 2 is 2.40 bits per heavy atom. The van der Waals surface area contributed by atoms with Gasteiger partial charge in [0.05, 0.1) is 0 Å². The van der Waals surface area contributed by atoms with Crippen molar-refractivity contribution in [1.82, 2.24) is 14.9 Å². The van der Waals surface area contributed by atoms with Crippen molar-refractivity contribution in [2.24, 2.45) is 7.05 Å². The van der Waals surface area contributed by atoms with Crippen LogP contribution in [0.3, 0.4) is 0 Å². The largest absolute Gasteiger partial charge is 0.384 e. The van der Waals surface area contributed by atoms with Crippen molar-refractivity contribution in [1.29, 1.82) is 0 Å². The first-order valence-electron chi connectivity index (χ1n) is 4.94. The highest BCUT2D eigenvalue weighted by molar-refractivity contribution is 5.27. The van der Waals surface area contributed by atoms with E-state index in [-0.39, 0.29) is 11.9 Å². The third kappa shape index (κ3) is 2.76. The molecule has 0 saturated carbocycles. The number of hydrogen-bond acceptors (Lipinski definition) is 4. The molecule has 0 saturated heterocycles. The summed E-state index contributed by atoms with van der Waals surface area (Å²) in [6.07, 6.45) is 2.09. The fraction of sp³-hybridized carbons (Fsp3) is 0.667. The van der Waals surface area contributed by atoms with Gasteiger partial charge in [-0.1, -0.05) is 6.92 Å². The van der Waals surface area contributed by atoms with E-state index < -0.39 is 4.92 Å². The van der Waals surface area contributed by atoms with Crippen LogP contribution in [-0.2, 0) is 13.5 Å². The zero-order valence-electron chi connectivity index (χ0n) is 9.23. The Balaban J connectivity index is 2.83. The summed E-state index contributed by atoms with van der Waals surface area (Å²) in [5, 5.41) is 13.9. The van der Waals surface area contributed by atoms with Gasteiger partial charge in [-0.15, -0.1) is 0 Å². The van der Waals surface area contributed by atoms with E-state index in [2.05, 4.69) is 10.3 Å². The SMILES string of the molecule is CCNC(C)Cc1c([N+](=O)[O-])ncn1C. The predicted octanol–water partition coefficient (Wildman–Crippen LogP) is 0.869. The van der Waals surface area contributed by atoms with Gasteiger partial charge in [0.2, 0.25) is 6.33 Å². The Hall–Kier alpha value is -1.43. The minimum atomic E-state index is -0.437. The van der Waals surface area contributed by atoms with E-state index in [4.69, 9.17) is 0 Å². The Morgan fingerprint density at radius 3 is 2.93 bits per heavy atom. The summed E-state index contributed by atoms with van der Waals surface area (Å²) in [5.41, 5.74) is 0.661. The van der Waals surface area contributed by atoms with Crippen LogP contribution in [0.15, 0.2) is 6.33 Å². The van der Waals surface area contributed by atoms with Gasteiger partial charge in [-0.05, 0) is 23.4 Å². The first-order chi connectivity index (χ1) is 7.06. The third-order valence-corrected chi connectivity index (χ3v) is 2.26. The van der Waals surface area contributed by atoms with Crippen LogP contribution < -0.4 is 5.32 Å². The molecule has 84 valence electrons. The smallest absolute Gasteiger partial charge is 0.358 e. The number of aromatic nitrogens is 2. The summed E-state index contributed by atoms with van der Waals surface area (Å²) in [6, 6.07) is 0.212. The molecule has 1 N–H and O–H groups in total. The molecule has 1 heterocycles. The fourth-order valence-electron chi connectivity index (χ4n) is 1.54. The maximum absolute atomic E-state index is 10.7. The van der Waals surface area contributed by atoms with Crippen molar-refractivity contribution in [3.63, 3.8) is 0 Å². The second-order valence-corrected chi connectivity index (χ2v) is 3.55. The number of nitro groups is 1. The van der Waals surface area contributed by atoms with E-state index in [0.29, 0.717) is 12.1 Å². The van der Waals surface area contributed by atoms with E-state index in [9.17, 15) is 10.1 Å². The van der Waals surface area contributed by atoms with E-state index in [1.54, 1.807) is 11.6 Å². The van der Waals surface area contributed by atoms with Gasteiger partial charge in [0, 0.05) is 19.5 Å². The highest BCUT2D eigenvalue weighted by atomic mass is 16.6. The minimum absolute atomic E-state index is 0.0396. The van der Waals surface area contributed by atoms with Crippen molar-refractivity contribution >= 4 is 5.82 Å². The third-order valence-electron chi connectivity index (χ3n) is 2.26. The van der Waals surface area contributed by atoms with Crippen molar-refractivity contribution < 1.29 is 4.92 Å². The first-order valence-corrected chi connectivity index (χ1v) is 4.94. The predicted molar refractivity (Wildman–Crippen MR) is 56.7 cm³/mol. The second kappa shape index (κ2) is 4.88. The van der Waals surface area contributed by atoms with Gasteiger partial charge in [0.15, 0.2) is 0 Å². The lowest BCUT2D eigenvalue weighted by Gasteiger charge is -2.11. The fourth-order valence-corrected chi connectivity index (χ4v) is 1.54. The van der Waals surface area contributed by atoms with Gasteiger partial charge in [-0.25, -0.2) is 0 Å². The maximum Gasteiger partial charge on any atom is 0.384 e. The van der Waals surface area contributed by atoms with E-state index >= 15 is 0 Å². The van der Waals surface area contributed by atoms with Crippen LogP contribution in [0.2, 0.25) is 0 Å². The van der Waals surface area contributed by atoms with Gasteiger partial charge in [-0.3, -0.25) is 0 Å². The lowest BCUT2D eigenvalue weighted by atomic mass is 10.2. The maximum atomic E-state index is 10.7. The molecule has 1 aromatic rings. The number of aryl methyl sites for hydroxylation is 1. The number of imidazole rings is 1. The van der Waals surface area contributed by atoms with Crippen molar-refractivity contribution in [2.45, 2.75) is 26.3 Å². The molecule has 0 aromatic carbocycles. The van der Waals surface area contributed by atoms with Crippen LogP contribution >= 0.6 is 0 Å². The van der Waals surface area contributed by atoms with Crippen molar-refractivity contribution in [3.8, 4) is 0 Å². The van der Waals surface area contributed by atoms with Crippen LogP contribution in [0, 0.1) is 10.1 Å². The Labute approximate surface area is 88.5 Å². The Kier molecular flexibility index (Phi) is 3.79. The molecule has 6 nitrogen and oxygen atoms in total. The molecule has 1 atom stereocenters. The average Bonchev–Trinajstić information content (AvgIpc) is 2.48. The normalized spacial score (nSPS) is 12.7. The van der Waals surface area contributed by atoms with Crippen LogP contribution in [0.4, 0.5) is 5.82 Å². The molecular formula is C9H16N4O2. The summed E-state index contributed by atoms with van der Waals surface area (Å²) < 4.78 is 1.70. The summed E-state index contributed by atoms with van der Waals surface area (Å²) >= 11 is 0. The van der Waals surface area contributed by atoms with E-state index in [1.165, 1.54) is 6.33 Å². The lowest BCUT2D eigenvalue weighted by molar-refractivity contribution is -0.390.